The maximum absolute atomic E-state index is 12.0. The SMILES string of the molecule is CC(C)NCc1cn[nH]c1S(=O)(=O)NCC(F)(F)F. The van der Waals surface area contributed by atoms with Crippen molar-refractivity contribution in [2.75, 3.05) is 6.54 Å². The van der Waals surface area contributed by atoms with Crippen molar-refractivity contribution < 1.29 is 21.6 Å². The van der Waals surface area contributed by atoms with Gasteiger partial charge in [0.15, 0.2) is 5.03 Å². The van der Waals surface area contributed by atoms with Crippen molar-refractivity contribution in [1.29, 1.82) is 0 Å². The van der Waals surface area contributed by atoms with Crippen LogP contribution in [0.25, 0.3) is 0 Å². The molecule has 110 valence electrons. The minimum absolute atomic E-state index is 0.105. The lowest BCUT2D eigenvalue weighted by atomic mass is 10.3. The minimum atomic E-state index is -4.61. The molecule has 0 fully saturated rings. The molecule has 1 heterocycles. The molecule has 0 unspecified atom stereocenters. The third-order valence-corrected chi connectivity index (χ3v) is 3.53. The Bertz CT molecular complexity index is 510. The van der Waals surface area contributed by atoms with Gasteiger partial charge < -0.3 is 5.32 Å². The molecule has 0 atom stereocenters. The molecule has 10 heteroatoms. The van der Waals surface area contributed by atoms with Gasteiger partial charge in [0.25, 0.3) is 10.0 Å². The normalized spacial score (nSPS) is 13.2. The van der Waals surface area contributed by atoms with Gasteiger partial charge in [-0.05, 0) is 0 Å². The van der Waals surface area contributed by atoms with E-state index < -0.39 is 22.7 Å². The molecule has 0 aromatic carbocycles. The molecule has 19 heavy (non-hydrogen) atoms. The number of alkyl halides is 3. The molecule has 0 aliphatic heterocycles. The summed E-state index contributed by atoms with van der Waals surface area (Å²) in [5.74, 6) is 0. The average molecular weight is 300 g/mol. The van der Waals surface area contributed by atoms with Crippen molar-refractivity contribution in [2.24, 2.45) is 0 Å². The number of halogens is 3. The van der Waals surface area contributed by atoms with Crippen LogP contribution in [-0.2, 0) is 16.6 Å². The Labute approximate surface area is 108 Å². The lowest BCUT2D eigenvalue weighted by Gasteiger charge is -2.10. The second kappa shape index (κ2) is 5.88. The van der Waals surface area contributed by atoms with Crippen molar-refractivity contribution in [3.63, 3.8) is 0 Å². The van der Waals surface area contributed by atoms with Crippen LogP contribution < -0.4 is 10.0 Å². The summed E-state index contributed by atoms with van der Waals surface area (Å²) in [7, 11) is -4.26. The number of rotatable bonds is 6. The Kier molecular flexibility index (Phi) is 4.93. The molecule has 0 radical (unpaired) electrons. The van der Waals surface area contributed by atoms with Crippen LogP contribution in [0, 0.1) is 0 Å². The predicted molar refractivity (Wildman–Crippen MR) is 61.8 cm³/mol. The number of nitrogens with one attached hydrogen (secondary N) is 3. The number of hydrogen-bond donors (Lipinski definition) is 3. The lowest BCUT2D eigenvalue weighted by molar-refractivity contribution is -0.121. The largest absolute Gasteiger partial charge is 0.402 e. The standard InChI is InChI=1S/C9H15F3N4O2S/c1-6(2)13-3-7-4-14-16-8(7)19(17,18)15-5-9(10,11)12/h4,6,13,15H,3,5H2,1-2H3,(H,14,16). The lowest BCUT2D eigenvalue weighted by Crippen LogP contribution is -2.34. The van der Waals surface area contributed by atoms with Crippen LogP contribution in [-0.4, -0.2) is 37.4 Å². The molecule has 3 N–H and O–H groups in total. The summed E-state index contributed by atoms with van der Waals surface area (Å²) in [4.78, 5) is 0. The average Bonchev–Trinajstić information content (AvgIpc) is 2.71. The van der Waals surface area contributed by atoms with Crippen molar-refractivity contribution in [2.45, 2.75) is 37.6 Å². The summed E-state index contributed by atoms with van der Waals surface area (Å²) in [5, 5.41) is 8.35. The van der Waals surface area contributed by atoms with E-state index in [4.69, 9.17) is 0 Å². The van der Waals surface area contributed by atoms with Gasteiger partial charge in [-0.3, -0.25) is 5.10 Å². The Morgan fingerprint density at radius 2 is 2.05 bits per heavy atom. The third-order valence-electron chi connectivity index (χ3n) is 2.11. The smallest absolute Gasteiger partial charge is 0.310 e. The highest BCUT2D eigenvalue weighted by molar-refractivity contribution is 7.89. The summed E-state index contributed by atoms with van der Waals surface area (Å²) in [6, 6.07) is 0.105. The number of hydrogen-bond acceptors (Lipinski definition) is 4. The van der Waals surface area contributed by atoms with Crippen LogP contribution in [0.1, 0.15) is 19.4 Å². The van der Waals surface area contributed by atoms with E-state index in [0.717, 1.165) is 0 Å². The van der Waals surface area contributed by atoms with Crippen LogP contribution in [0.3, 0.4) is 0 Å². The molecule has 0 saturated heterocycles. The van der Waals surface area contributed by atoms with Crippen LogP contribution in [0.4, 0.5) is 13.2 Å². The maximum Gasteiger partial charge on any atom is 0.402 e. The topological polar surface area (TPSA) is 86.9 Å². The number of aromatic amines is 1. The van der Waals surface area contributed by atoms with E-state index in [2.05, 4.69) is 15.5 Å². The zero-order valence-corrected chi connectivity index (χ0v) is 11.2. The van der Waals surface area contributed by atoms with Crippen LogP contribution in [0.5, 0.6) is 0 Å². The van der Waals surface area contributed by atoms with E-state index in [1.54, 1.807) is 0 Å². The number of aromatic nitrogens is 2. The second-order valence-electron chi connectivity index (χ2n) is 4.20. The fourth-order valence-electron chi connectivity index (χ4n) is 1.22. The van der Waals surface area contributed by atoms with E-state index in [1.165, 1.54) is 10.9 Å². The van der Waals surface area contributed by atoms with E-state index in [-0.39, 0.29) is 23.2 Å². The number of H-pyrrole nitrogens is 1. The molecule has 1 rings (SSSR count). The summed E-state index contributed by atoms with van der Waals surface area (Å²) in [6.07, 6.45) is -3.35. The minimum Gasteiger partial charge on any atom is -0.310 e. The molecule has 0 saturated carbocycles. The highest BCUT2D eigenvalue weighted by atomic mass is 32.2. The van der Waals surface area contributed by atoms with Crippen LogP contribution >= 0.6 is 0 Å². The zero-order chi connectivity index (χ0) is 14.7. The van der Waals surface area contributed by atoms with E-state index in [0.29, 0.717) is 0 Å². The molecule has 0 amide bonds. The van der Waals surface area contributed by atoms with E-state index in [9.17, 15) is 21.6 Å². The summed E-state index contributed by atoms with van der Waals surface area (Å²) >= 11 is 0. The summed E-state index contributed by atoms with van der Waals surface area (Å²) in [5.41, 5.74) is 0.281. The van der Waals surface area contributed by atoms with Gasteiger partial charge in [-0.25, -0.2) is 13.1 Å². The maximum atomic E-state index is 12.0. The Hall–Kier alpha value is -1.13. The first kappa shape index (κ1) is 15.9. The van der Waals surface area contributed by atoms with Gasteiger partial charge in [-0.15, -0.1) is 0 Å². The van der Waals surface area contributed by atoms with Gasteiger partial charge >= 0.3 is 6.18 Å². The highest BCUT2D eigenvalue weighted by Gasteiger charge is 2.31. The van der Waals surface area contributed by atoms with E-state index in [1.807, 2.05) is 13.8 Å². The molecule has 0 aliphatic rings. The number of nitrogens with zero attached hydrogens (tertiary/aromatic N) is 1. The Morgan fingerprint density at radius 3 is 2.58 bits per heavy atom. The summed E-state index contributed by atoms with van der Waals surface area (Å²) < 4.78 is 60.9. The second-order valence-corrected chi connectivity index (χ2v) is 5.90. The quantitative estimate of drug-likeness (QED) is 0.723. The fraction of sp³-hybridized carbons (Fsp3) is 0.667. The molecular weight excluding hydrogens is 285 g/mol. The molecule has 0 bridgehead atoms. The fourth-order valence-corrected chi connectivity index (χ4v) is 2.36. The third kappa shape index (κ3) is 5.17. The van der Waals surface area contributed by atoms with Crippen molar-refractivity contribution in [1.82, 2.24) is 20.2 Å². The van der Waals surface area contributed by atoms with Crippen LogP contribution in [0.2, 0.25) is 0 Å². The Balaban J connectivity index is 2.81. The molecular formula is C9H15F3N4O2S. The first-order valence-electron chi connectivity index (χ1n) is 5.44. The highest BCUT2D eigenvalue weighted by Crippen LogP contribution is 2.16. The van der Waals surface area contributed by atoms with Crippen molar-refractivity contribution in [3.05, 3.63) is 11.8 Å². The van der Waals surface area contributed by atoms with Crippen LogP contribution in [0.15, 0.2) is 11.2 Å². The number of sulfonamides is 1. The predicted octanol–water partition coefficient (Wildman–Crippen LogP) is 0.748. The molecule has 0 spiro atoms. The van der Waals surface area contributed by atoms with Gasteiger partial charge in [0.2, 0.25) is 0 Å². The van der Waals surface area contributed by atoms with Gasteiger partial charge in [-0.2, -0.15) is 18.3 Å². The Morgan fingerprint density at radius 1 is 1.42 bits per heavy atom. The first-order valence-corrected chi connectivity index (χ1v) is 6.92. The van der Waals surface area contributed by atoms with Gasteiger partial charge in [0, 0.05) is 18.2 Å². The van der Waals surface area contributed by atoms with E-state index >= 15 is 0 Å². The molecule has 6 nitrogen and oxygen atoms in total. The first-order chi connectivity index (χ1) is 8.62. The van der Waals surface area contributed by atoms with Gasteiger partial charge in [0.1, 0.15) is 6.54 Å². The molecule has 1 aromatic rings. The van der Waals surface area contributed by atoms with Gasteiger partial charge in [-0.1, -0.05) is 13.8 Å². The molecule has 0 aliphatic carbocycles. The monoisotopic (exact) mass is 300 g/mol. The van der Waals surface area contributed by atoms with Gasteiger partial charge in [0.05, 0.1) is 6.20 Å². The summed E-state index contributed by atoms with van der Waals surface area (Å²) in [6.45, 7) is 2.29. The van der Waals surface area contributed by atoms with Crippen molar-refractivity contribution in [3.8, 4) is 0 Å². The van der Waals surface area contributed by atoms with Crippen molar-refractivity contribution >= 4 is 10.0 Å². The molecule has 1 aromatic heterocycles. The zero-order valence-electron chi connectivity index (χ0n) is 10.4.